The zero-order valence-corrected chi connectivity index (χ0v) is 12.0. The Morgan fingerprint density at radius 2 is 1.77 bits per heavy atom. The first-order valence-electron chi connectivity index (χ1n) is 6.21. The monoisotopic (exact) mass is 366 g/mol. The maximum absolute atomic E-state index is 11.4. The quantitative estimate of drug-likeness (QED) is 0.308. The number of rotatable bonds is 6. The summed E-state index contributed by atoms with van der Waals surface area (Å²) < 4.78 is 0. The number of aromatic amines is 4. The van der Waals surface area contributed by atoms with Gasteiger partial charge in [0.1, 0.15) is 21.9 Å². The molecule has 134 valence electrons. The molecule has 0 spiro atoms. The Balaban J connectivity index is 2.06. The van der Waals surface area contributed by atoms with Crippen molar-refractivity contribution in [2.24, 2.45) is 5.10 Å². The predicted molar refractivity (Wildman–Crippen MR) is 75.1 cm³/mol. The topological polar surface area (TPSA) is 271 Å². The summed E-state index contributed by atoms with van der Waals surface area (Å²) in [7, 11) is 0. The van der Waals surface area contributed by atoms with Crippen molar-refractivity contribution >= 4 is 11.6 Å². The van der Waals surface area contributed by atoms with Crippen molar-refractivity contribution in [3.8, 4) is 23.0 Å². The molecule has 0 aromatic carbocycles. The summed E-state index contributed by atoms with van der Waals surface area (Å²) in [5.74, 6) is -1.04. The van der Waals surface area contributed by atoms with Crippen LogP contribution in [0.1, 0.15) is 0 Å². The Hall–Kier alpha value is -4.71. The molecule has 19 heteroatoms. The molecule has 3 heterocycles. The molecule has 0 aliphatic heterocycles. The Labute approximate surface area is 138 Å². The molecular formula is C7H4N13O6-. The first-order valence-corrected chi connectivity index (χ1v) is 6.21. The Bertz CT molecular complexity index is 1070. The van der Waals surface area contributed by atoms with Gasteiger partial charge in [0, 0.05) is 0 Å². The smallest absolute Gasteiger partial charge is 0.327 e. The Morgan fingerprint density at radius 3 is 2.42 bits per heavy atom. The second kappa shape index (κ2) is 6.06. The summed E-state index contributed by atoms with van der Waals surface area (Å²) in [6.45, 7) is 0. The molecular weight excluding hydrogens is 362 g/mol. The van der Waals surface area contributed by atoms with E-state index in [1.165, 1.54) is 0 Å². The van der Waals surface area contributed by atoms with Crippen molar-refractivity contribution in [3.63, 3.8) is 0 Å². The average Bonchev–Trinajstić information content (AvgIpc) is 3.23. The second-order valence-electron chi connectivity index (χ2n) is 4.25. The van der Waals surface area contributed by atoms with Crippen LogP contribution in [0, 0.1) is 30.3 Å². The molecule has 3 aromatic heterocycles. The normalized spacial score (nSPS) is 11.5. The number of nitro groups is 3. The fourth-order valence-corrected chi connectivity index (χ4v) is 1.84. The molecule has 0 saturated heterocycles. The van der Waals surface area contributed by atoms with Crippen molar-refractivity contribution in [2.45, 2.75) is 0 Å². The van der Waals surface area contributed by atoms with Crippen LogP contribution in [0.15, 0.2) is 5.10 Å². The van der Waals surface area contributed by atoms with Gasteiger partial charge >= 0.3 is 11.3 Å². The average molecular weight is 366 g/mol. The zero-order valence-electron chi connectivity index (χ0n) is 12.0. The van der Waals surface area contributed by atoms with Gasteiger partial charge in [-0.25, -0.2) is 25.3 Å². The van der Waals surface area contributed by atoms with Crippen molar-refractivity contribution < 1.29 is 15.0 Å². The highest BCUT2D eigenvalue weighted by Gasteiger charge is 2.29. The molecule has 19 nitrogen and oxygen atoms in total. The molecule has 3 rings (SSSR count). The van der Waals surface area contributed by atoms with E-state index in [0.717, 1.165) is 0 Å². The minimum Gasteiger partial charge on any atom is -0.336 e. The molecule has 0 fully saturated rings. The van der Waals surface area contributed by atoms with Crippen molar-refractivity contribution in [1.82, 2.24) is 40.6 Å². The predicted octanol–water partition coefficient (Wildman–Crippen LogP) is -0.890. The first kappa shape index (κ1) is 16.2. The zero-order chi connectivity index (χ0) is 18.8. The molecule has 4 N–H and O–H groups in total. The van der Waals surface area contributed by atoms with Crippen LogP contribution in [0.3, 0.4) is 0 Å². The van der Waals surface area contributed by atoms with Crippen molar-refractivity contribution in [3.05, 3.63) is 41.4 Å². The van der Waals surface area contributed by atoms with E-state index in [9.17, 15) is 30.3 Å². The molecule has 0 radical (unpaired) electrons. The fourth-order valence-electron chi connectivity index (χ4n) is 1.84. The molecule has 0 atom stereocenters. The molecule has 26 heavy (non-hydrogen) atoms. The van der Waals surface area contributed by atoms with E-state index in [2.05, 4.69) is 51.1 Å². The van der Waals surface area contributed by atoms with Gasteiger partial charge in [0.25, 0.3) is 0 Å². The summed E-state index contributed by atoms with van der Waals surface area (Å²) in [5.41, 5.74) is 1.16. The van der Waals surface area contributed by atoms with E-state index >= 15 is 0 Å². The highest BCUT2D eigenvalue weighted by molar-refractivity contribution is 5.76. The molecule has 0 amide bonds. The van der Waals surface area contributed by atoms with Gasteiger partial charge in [-0.3, -0.25) is 25.4 Å². The van der Waals surface area contributed by atoms with E-state index in [1.807, 2.05) is 0 Å². The third kappa shape index (κ3) is 3.01. The van der Waals surface area contributed by atoms with Gasteiger partial charge in [0.2, 0.25) is 5.69 Å². The van der Waals surface area contributed by atoms with Crippen LogP contribution in [0.4, 0.5) is 11.6 Å². The molecule has 0 unspecified atom stereocenters. The lowest BCUT2D eigenvalue weighted by Gasteiger charge is -1.95. The number of aromatic nitrogens is 8. The highest BCUT2D eigenvalue weighted by Crippen LogP contribution is 2.33. The third-order valence-electron chi connectivity index (χ3n) is 2.71. The van der Waals surface area contributed by atoms with Gasteiger partial charge in [-0.15, -0.1) is 0 Å². The number of hydrogen-bond donors (Lipinski definition) is 4. The van der Waals surface area contributed by atoms with Gasteiger partial charge in [-0.05, 0) is 0 Å². The SMILES string of the molecule is O=[N+]([O-])/N=c1/nc(-c2n[nH]c(-c3n[nH]c([N-][N+](=O)[O-])n3)c2[N+](=O)[O-])[nH][nH]1. The van der Waals surface area contributed by atoms with Crippen molar-refractivity contribution in [1.29, 1.82) is 0 Å². The lowest BCUT2D eigenvalue weighted by molar-refractivity contribution is -0.491. The summed E-state index contributed by atoms with van der Waals surface area (Å²) >= 11 is 0. The Kier molecular flexibility index (Phi) is 3.77. The van der Waals surface area contributed by atoms with Gasteiger partial charge in [0.05, 0.1) is 4.92 Å². The molecule has 0 aliphatic carbocycles. The summed E-state index contributed by atoms with van der Waals surface area (Å²) in [6.07, 6.45) is 0. The molecule has 0 saturated carbocycles. The summed E-state index contributed by atoms with van der Waals surface area (Å²) in [6, 6.07) is 0. The number of H-pyrrole nitrogens is 4. The van der Waals surface area contributed by atoms with Gasteiger partial charge in [-0.1, -0.05) is 5.43 Å². The van der Waals surface area contributed by atoms with E-state index in [4.69, 9.17) is 0 Å². The maximum atomic E-state index is 11.4. The molecule has 0 bridgehead atoms. The standard InChI is InChI=1S/C7H4N13O6/c21-18(22)3-1(4-8-6(14-12-4)16-19(23)24)10-11-2(3)5-9-7(15-13-5)17-20(25)26/h(H4-,8,9,10,11,12,13,14,15,16,17)/q-1. The van der Waals surface area contributed by atoms with Gasteiger partial charge in [0.15, 0.2) is 16.6 Å². The second-order valence-corrected chi connectivity index (χ2v) is 4.25. The highest BCUT2D eigenvalue weighted by atomic mass is 16.7. The van der Waals surface area contributed by atoms with Crippen LogP contribution in [0.2, 0.25) is 0 Å². The fraction of sp³-hybridized carbons (Fsp3) is 0. The van der Waals surface area contributed by atoms with E-state index in [1.54, 1.807) is 0 Å². The minimum atomic E-state index is -1.03. The van der Waals surface area contributed by atoms with Gasteiger partial charge in [-0.2, -0.15) is 10.1 Å². The van der Waals surface area contributed by atoms with Crippen LogP contribution in [-0.2, 0) is 0 Å². The van der Waals surface area contributed by atoms with E-state index in [-0.39, 0.29) is 23.0 Å². The molecule has 3 aromatic rings. The summed E-state index contributed by atoms with van der Waals surface area (Å²) in [4.78, 5) is 38.4. The lowest BCUT2D eigenvalue weighted by Crippen LogP contribution is -2.09. The summed E-state index contributed by atoms with van der Waals surface area (Å²) in [5, 5.41) is 49.1. The number of nitrogens with zero attached hydrogens (tertiary/aromatic N) is 9. The first-order chi connectivity index (χ1) is 12.3. The van der Waals surface area contributed by atoms with Crippen LogP contribution >= 0.6 is 0 Å². The lowest BCUT2D eigenvalue weighted by atomic mass is 10.2. The van der Waals surface area contributed by atoms with Crippen LogP contribution in [0.25, 0.3) is 28.5 Å². The largest absolute Gasteiger partial charge is 0.336 e. The van der Waals surface area contributed by atoms with Crippen LogP contribution in [0.5, 0.6) is 0 Å². The minimum absolute atomic E-state index is 0.231. The van der Waals surface area contributed by atoms with Crippen LogP contribution < -0.4 is 5.62 Å². The van der Waals surface area contributed by atoms with E-state index < -0.39 is 32.2 Å². The van der Waals surface area contributed by atoms with E-state index in [0.29, 0.717) is 0 Å². The third-order valence-corrected chi connectivity index (χ3v) is 2.71. The van der Waals surface area contributed by atoms with Crippen LogP contribution in [-0.4, -0.2) is 55.5 Å². The maximum Gasteiger partial charge on any atom is 0.327 e. The number of nitrogens with one attached hydrogen (secondary N) is 4. The Morgan fingerprint density at radius 1 is 1.00 bits per heavy atom. The van der Waals surface area contributed by atoms with Crippen molar-refractivity contribution in [2.75, 3.05) is 0 Å². The number of hydrogen-bond acceptors (Lipinski definition) is 10. The van der Waals surface area contributed by atoms with Gasteiger partial charge < -0.3 is 10.1 Å². The molecule has 0 aliphatic rings.